The summed E-state index contributed by atoms with van der Waals surface area (Å²) < 4.78 is 11.2. The first-order valence-corrected chi connectivity index (χ1v) is 7.94. The summed E-state index contributed by atoms with van der Waals surface area (Å²) in [4.78, 5) is 23.5. The van der Waals surface area contributed by atoms with Crippen molar-refractivity contribution in [2.24, 2.45) is 0 Å². The average molecular weight is 425 g/mol. The Bertz CT molecular complexity index is 713. The molecule has 0 aliphatic rings. The van der Waals surface area contributed by atoms with Gasteiger partial charge in [0.05, 0.1) is 12.7 Å². The molecule has 0 saturated carbocycles. The molecule has 0 unspecified atom stereocenters. The van der Waals surface area contributed by atoms with Crippen molar-refractivity contribution in [3.05, 3.63) is 57.2 Å². The molecule has 6 heteroatoms. The number of nitrogens with one attached hydrogen (secondary N) is 1. The number of esters is 1. The van der Waals surface area contributed by atoms with Gasteiger partial charge in [-0.1, -0.05) is 6.07 Å². The Morgan fingerprint density at radius 2 is 1.83 bits per heavy atom. The molecule has 120 valence electrons. The minimum atomic E-state index is -0.448. The van der Waals surface area contributed by atoms with E-state index in [0.717, 1.165) is 9.13 Å². The topological polar surface area (TPSA) is 64.6 Å². The van der Waals surface area contributed by atoms with Crippen LogP contribution in [0.3, 0.4) is 0 Å². The second kappa shape index (κ2) is 7.96. The normalized spacial score (nSPS) is 10.0. The van der Waals surface area contributed by atoms with Crippen molar-refractivity contribution >= 4 is 40.2 Å². The first-order valence-electron chi connectivity index (χ1n) is 6.87. The zero-order chi connectivity index (χ0) is 16.8. The predicted octanol–water partition coefficient (Wildman–Crippen LogP) is 3.40. The van der Waals surface area contributed by atoms with Crippen molar-refractivity contribution < 1.29 is 19.1 Å². The Morgan fingerprint density at radius 3 is 2.48 bits per heavy atom. The molecule has 0 heterocycles. The van der Waals surface area contributed by atoms with Gasteiger partial charge in [-0.25, -0.2) is 4.79 Å². The Balaban J connectivity index is 1.99. The van der Waals surface area contributed by atoms with E-state index in [1.54, 1.807) is 30.3 Å². The number of carbonyl (C=O) groups excluding carboxylic acids is 2. The summed E-state index contributed by atoms with van der Waals surface area (Å²) in [5.74, 6) is -0.120. The lowest BCUT2D eigenvalue weighted by molar-refractivity contribution is -0.118. The number of ether oxygens (including phenoxy) is 2. The molecule has 0 bridgehead atoms. The SMILES string of the molecule is COC(=O)c1ccc(C)c(NC(=O)COc2ccc(I)cc2)c1. The molecule has 0 saturated heterocycles. The molecule has 0 aliphatic heterocycles. The van der Waals surface area contributed by atoms with Gasteiger partial charge in [-0.05, 0) is 71.5 Å². The molecule has 1 amide bonds. The van der Waals surface area contributed by atoms with Crippen molar-refractivity contribution in [2.75, 3.05) is 19.0 Å². The fourth-order valence-corrected chi connectivity index (χ4v) is 2.23. The van der Waals surface area contributed by atoms with Gasteiger partial charge in [-0.2, -0.15) is 0 Å². The summed E-state index contributed by atoms with van der Waals surface area (Å²) in [7, 11) is 1.31. The third-order valence-electron chi connectivity index (χ3n) is 3.12. The summed E-state index contributed by atoms with van der Waals surface area (Å²) >= 11 is 2.20. The van der Waals surface area contributed by atoms with Crippen LogP contribution < -0.4 is 10.1 Å². The number of hydrogen-bond acceptors (Lipinski definition) is 4. The summed E-state index contributed by atoms with van der Waals surface area (Å²) in [6, 6.07) is 12.4. The summed E-state index contributed by atoms with van der Waals surface area (Å²) in [5.41, 5.74) is 1.79. The number of amides is 1. The number of halogens is 1. The van der Waals surface area contributed by atoms with Crippen LogP contribution >= 0.6 is 22.6 Å². The van der Waals surface area contributed by atoms with E-state index in [2.05, 4.69) is 32.6 Å². The van der Waals surface area contributed by atoms with Crippen molar-refractivity contribution in [1.29, 1.82) is 0 Å². The lowest BCUT2D eigenvalue weighted by Gasteiger charge is -2.11. The van der Waals surface area contributed by atoms with Crippen LogP contribution in [0.5, 0.6) is 5.75 Å². The van der Waals surface area contributed by atoms with E-state index in [-0.39, 0.29) is 12.5 Å². The molecule has 0 atom stereocenters. The van der Waals surface area contributed by atoms with Crippen molar-refractivity contribution in [1.82, 2.24) is 0 Å². The maximum atomic E-state index is 12.0. The first kappa shape index (κ1) is 17.3. The van der Waals surface area contributed by atoms with Crippen LogP contribution in [0.1, 0.15) is 15.9 Å². The van der Waals surface area contributed by atoms with Crippen LogP contribution in [0.25, 0.3) is 0 Å². The molecule has 0 spiro atoms. The highest BCUT2D eigenvalue weighted by Crippen LogP contribution is 2.18. The minimum absolute atomic E-state index is 0.109. The highest BCUT2D eigenvalue weighted by molar-refractivity contribution is 14.1. The minimum Gasteiger partial charge on any atom is -0.484 e. The van der Waals surface area contributed by atoms with Crippen LogP contribution in [0, 0.1) is 10.5 Å². The highest BCUT2D eigenvalue weighted by Gasteiger charge is 2.10. The van der Waals surface area contributed by atoms with Crippen LogP contribution in [-0.4, -0.2) is 25.6 Å². The molecule has 5 nitrogen and oxygen atoms in total. The number of hydrogen-bond donors (Lipinski definition) is 1. The Kier molecular flexibility index (Phi) is 5.97. The molecule has 2 aromatic rings. The van der Waals surface area contributed by atoms with Gasteiger partial charge in [-0.15, -0.1) is 0 Å². The molecule has 0 aromatic heterocycles. The van der Waals surface area contributed by atoms with Gasteiger partial charge in [0.2, 0.25) is 0 Å². The molecule has 0 aliphatic carbocycles. The molecular weight excluding hydrogens is 409 g/mol. The smallest absolute Gasteiger partial charge is 0.337 e. The lowest BCUT2D eigenvalue weighted by atomic mass is 10.1. The maximum Gasteiger partial charge on any atom is 0.337 e. The molecule has 23 heavy (non-hydrogen) atoms. The number of rotatable bonds is 5. The van der Waals surface area contributed by atoms with E-state index in [4.69, 9.17) is 4.74 Å². The van der Waals surface area contributed by atoms with Crippen LogP contribution in [-0.2, 0) is 9.53 Å². The number of methoxy groups -OCH3 is 1. The number of anilines is 1. The maximum absolute atomic E-state index is 12.0. The quantitative estimate of drug-likeness (QED) is 0.589. The second-order valence-electron chi connectivity index (χ2n) is 4.81. The van der Waals surface area contributed by atoms with E-state index in [1.807, 2.05) is 19.1 Å². The largest absolute Gasteiger partial charge is 0.484 e. The Labute approximate surface area is 148 Å². The van der Waals surface area contributed by atoms with Crippen molar-refractivity contribution in [3.8, 4) is 5.75 Å². The Morgan fingerprint density at radius 1 is 1.13 bits per heavy atom. The van der Waals surface area contributed by atoms with E-state index in [1.165, 1.54) is 7.11 Å². The highest BCUT2D eigenvalue weighted by atomic mass is 127. The summed E-state index contributed by atoms with van der Waals surface area (Å²) in [5, 5.41) is 2.74. The molecular formula is C17H16INO4. The van der Waals surface area contributed by atoms with Gasteiger partial charge in [0.15, 0.2) is 6.61 Å². The fraction of sp³-hybridized carbons (Fsp3) is 0.176. The molecule has 2 aromatic carbocycles. The van der Waals surface area contributed by atoms with E-state index >= 15 is 0 Å². The van der Waals surface area contributed by atoms with Crippen LogP contribution in [0.4, 0.5) is 5.69 Å². The van der Waals surface area contributed by atoms with Gasteiger partial charge in [0.25, 0.3) is 5.91 Å². The van der Waals surface area contributed by atoms with Crippen LogP contribution in [0.2, 0.25) is 0 Å². The first-order chi connectivity index (χ1) is 11.0. The third kappa shape index (κ3) is 4.95. The van der Waals surface area contributed by atoms with Gasteiger partial charge in [0.1, 0.15) is 5.75 Å². The molecule has 2 rings (SSSR count). The average Bonchev–Trinajstić information content (AvgIpc) is 2.55. The molecule has 1 N–H and O–H groups in total. The van der Waals surface area contributed by atoms with Gasteiger partial charge >= 0.3 is 5.97 Å². The Hall–Kier alpha value is -2.09. The monoisotopic (exact) mass is 425 g/mol. The van der Waals surface area contributed by atoms with Crippen molar-refractivity contribution in [2.45, 2.75) is 6.92 Å². The fourth-order valence-electron chi connectivity index (χ4n) is 1.87. The van der Waals surface area contributed by atoms with E-state index in [0.29, 0.717) is 17.0 Å². The standard InChI is InChI=1S/C17H16INO4/c1-11-3-4-12(17(21)22-2)9-15(11)19-16(20)10-23-14-7-5-13(18)6-8-14/h3-9H,10H2,1-2H3,(H,19,20). The van der Waals surface area contributed by atoms with Gasteiger partial charge in [-0.3, -0.25) is 4.79 Å². The zero-order valence-electron chi connectivity index (χ0n) is 12.8. The third-order valence-corrected chi connectivity index (χ3v) is 3.84. The predicted molar refractivity (Wildman–Crippen MR) is 95.8 cm³/mol. The van der Waals surface area contributed by atoms with E-state index in [9.17, 15) is 9.59 Å². The number of aryl methyl sites for hydroxylation is 1. The molecule has 0 radical (unpaired) electrons. The summed E-state index contributed by atoms with van der Waals surface area (Å²) in [6.07, 6.45) is 0. The molecule has 0 fully saturated rings. The lowest BCUT2D eigenvalue weighted by Crippen LogP contribution is -2.21. The van der Waals surface area contributed by atoms with Gasteiger partial charge < -0.3 is 14.8 Å². The van der Waals surface area contributed by atoms with E-state index < -0.39 is 5.97 Å². The van der Waals surface area contributed by atoms with Crippen LogP contribution in [0.15, 0.2) is 42.5 Å². The van der Waals surface area contributed by atoms with Crippen molar-refractivity contribution in [3.63, 3.8) is 0 Å². The number of carbonyl (C=O) groups is 2. The van der Waals surface area contributed by atoms with Gasteiger partial charge in [0, 0.05) is 9.26 Å². The number of benzene rings is 2. The summed E-state index contributed by atoms with van der Waals surface area (Å²) in [6.45, 7) is 1.74. The second-order valence-corrected chi connectivity index (χ2v) is 6.06. The zero-order valence-corrected chi connectivity index (χ0v) is 14.9.